The molecule has 0 saturated carbocycles. The van der Waals surface area contributed by atoms with Gasteiger partial charge in [0.25, 0.3) is 0 Å². The number of unbranched alkanes of at least 4 members (excludes halogenated alkanes) is 1. The molecule has 0 spiro atoms. The number of esters is 1. The van der Waals surface area contributed by atoms with E-state index in [-0.39, 0.29) is 30.8 Å². The molecule has 7 unspecified atom stereocenters. The average molecular weight is 673 g/mol. The van der Waals surface area contributed by atoms with Gasteiger partial charge in [-0.2, -0.15) is 0 Å². The van der Waals surface area contributed by atoms with E-state index in [0.717, 1.165) is 25.7 Å². The Morgan fingerprint density at radius 2 is 1.33 bits per heavy atom. The SMILES string of the molecule is CCCCC(O)C1CCCCCC(=O)OC(CC)C=CC=CC=CC=CC=CC=CC(O)CC(O)C(C(=O)O)C(=O)CCCCCC1O. The number of ether oxygens (including phenoxy) is 1. The number of hydrogen-bond donors (Lipinski definition) is 5. The molecule has 7 atom stereocenters. The highest BCUT2D eigenvalue weighted by Gasteiger charge is 2.34. The summed E-state index contributed by atoms with van der Waals surface area (Å²) in [6.07, 6.45) is 24.7. The first-order chi connectivity index (χ1) is 23.1. The van der Waals surface area contributed by atoms with Crippen LogP contribution in [-0.4, -0.2) is 73.8 Å². The number of carbonyl (C=O) groups excluding carboxylic acids is 2. The number of aliphatic hydroxyl groups excluding tert-OH is 4. The number of carbonyl (C=O) groups is 3. The van der Waals surface area contributed by atoms with E-state index in [4.69, 9.17) is 4.74 Å². The number of hydrogen-bond acceptors (Lipinski definition) is 8. The fraction of sp³-hybridized carbons (Fsp3) is 0.615. The van der Waals surface area contributed by atoms with Gasteiger partial charge < -0.3 is 30.3 Å². The summed E-state index contributed by atoms with van der Waals surface area (Å²) in [6, 6.07) is 0. The van der Waals surface area contributed by atoms with Crippen molar-refractivity contribution in [3.63, 3.8) is 0 Å². The van der Waals surface area contributed by atoms with Gasteiger partial charge in [0.15, 0.2) is 0 Å². The van der Waals surface area contributed by atoms with E-state index in [2.05, 4.69) is 6.92 Å². The van der Waals surface area contributed by atoms with Crippen molar-refractivity contribution in [3.05, 3.63) is 72.9 Å². The van der Waals surface area contributed by atoms with E-state index in [1.54, 1.807) is 24.3 Å². The van der Waals surface area contributed by atoms with E-state index in [1.807, 2.05) is 49.5 Å². The van der Waals surface area contributed by atoms with Crippen LogP contribution in [0, 0.1) is 11.8 Å². The predicted molar refractivity (Wildman–Crippen MR) is 189 cm³/mol. The van der Waals surface area contributed by atoms with Crippen LogP contribution in [0.25, 0.3) is 0 Å². The summed E-state index contributed by atoms with van der Waals surface area (Å²) in [5.74, 6) is -4.19. The van der Waals surface area contributed by atoms with Crippen molar-refractivity contribution >= 4 is 17.7 Å². The molecule has 0 amide bonds. The number of aliphatic carboxylic acids is 1. The van der Waals surface area contributed by atoms with Crippen molar-refractivity contribution < 1.29 is 44.7 Å². The number of ketones is 1. The third kappa shape index (κ3) is 19.6. The molecule has 0 saturated heterocycles. The van der Waals surface area contributed by atoms with Crippen molar-refractivity contribution in [2.75, 3.05) is 0 Å². The van der Waals surface area contributed by atoms with E-state index in [9.17, 15) is 39.9 Å². The molecule has 1 heterocycles. The molecular formula is C39H60O9. The highest BCUT2D eigenvalue weighted by atomic mass is 16.5. The summed E-state index contributed by atoms with van der Waals surface area (Å²) in [6.45, 7) is 4.01. The molecule has 9 nitrogen and oxygen atoms in total. The Bertz CT molecular complexity index is 1090. The topological polar surface area (TPSA) is 162 Å². The van der Waals surface area contributed by atoms with Gasteiger partial charge in [0.05, 0.1) is 24.4 Å². The smallest absolute Gasteiger partial charge is 0.316 e. The Morgan fingerprint density at radius 3 is 1.92 bits per heavy atom. The summed E-state index contributed by atoms with van der Waals surface area (Å²) in [5, 5.41) is 52.2. The molecule has 0 aliphatic carbocycles. The van der Waals surface area contributed by atoms with Crippen molar-refractivity contribution in [1.29, 1.82) is 0 Å². The Hall–Kier alpha value is -3.11. The minimum absolute atomic E-state index is 0.0321. The van der Waals surface area contributed by atoms with Crippen LogP contribution in [0.5, 0.6) is 0 Å². The lowest BCUT2D eigenvalue weighted by molar-refractivity contribution is -0.152. The van der Waals surface area contributed by atoms with Gasteiger partial charge in [0, 0.05) is 25.2 Å². The standard InChI is InChI=1S/C39H60O9/c1-3-5-25-33(41)32-24-18-14-21-28-37(45)48-31(4-2)23-17-13-11-9-7-6-8-10-12-16-22-30(40)29-36(44)38(39(46)47)35(43)27-20-15-19-26-34(32)42/h6-13,16-17,22-23,30-34,36,38,40-42,44H,3-5,14-15,18-21,24-29H2,1-2H3,(H,46,47). The lowest BCUT2D eigenvalue weighted by atomic mass is 9.85. The van der Waals surface area contributed by atoms with Gasteiger partial charge in [-0.1, -0.05) is 119 Å². The molecule has 1 rings (SSSR count). The molecule has 9 heteroatoms. The van der Waals surface area contributed by atoms with Crippen LogP contribution in [0.4, 0.5) is 0 Å². The Kier molecular flexibility index (Phi) is 24.0. The van der Waals surface area contributed by atoms with Gasteiger partial charge in [0.1, 0.15) is 17.8 Å². The number of allylic oxidation sites excluding steroid dienone is 10. The molecule has 270 valence electrons. The molecule has 0 aromatic carbocycles. The predicted octanol–water partition coefficient (Wildman–Crippen LogP) is 6.47. The maximum atomic E-state index is 12.7. The normalized spacial score (nSPS) is 27.9. The second-order valence-corrected chi connectivity index (χ2v) is 12.5. The second kappa shape index (κ2) is 26.8. The number of carboxylic acid groups (broad SMARTS) is 1. The summed E-state index contributed by atoms with van der Waals surface area (Å²) >= 11 is 0. The third-order valence-electron chi connectivity index (χ3n) is 8.51. The minimum Gasteiger partial charge on any atom is -0.481 e. The zero-order valence-electron chi connectivity index (χ0n) is 28.9. The van der Waals surface area contributed by atoms with Gasteiger partial charge >= 0.3 is 11.9 Å². The van der Waals surface area contributed by atoms with Crippen LogP contribution in [0.1, 0.15) is 110 Å². The monoisotopic (exact) mass is 672 g/mol. The van der Waals surface area contributed by atoms with Gasteiger partial charge in [-0.3, -0.25) is 14.4 Å². The maximum Gasteiger partial charge on any atom is 0.316 e. The molecule has 1 aliphatic rings. The fourth-order valence-electron chi connectivity index (χ4n) is 5.65. The van der Waals surface area contributed by atoms with Crippen LogP contribution in [0.3, 0.4) is 0 Å². The van der Waals surface area contributed by atoms with Gasteiger partial charge in [-0.15, -0.1) is 0 Å². The minimum atomic E-state index is -1.63. The van der Waals surface area contributed by atoms with Crippen LogP contribution in [0.2, 0.25) is 0 Å². The van der Waals surface area contributed by atoms with Crippen molar-refractivity contribution in [1.82, 2.24) is 0 Å². The average Bonchev–Trinajstić information content (AvgIpc) is 3.04. The lowest BCUT2D eigenvalue weighted by Gasteiger charge is -2.28. The molecule has 0 fully saturated rings. The molecule has 48 heavy (non-hydrogen) atoms. The molecule has 0 aromatic heterocycles. The summed E-state index contributed by atoms with van der Waals surface area (Å²) in [7, 11) is 0. The zero-order valence-corrected chi connectivity index (χ0v) is 28.9. The highest BCUT2D eigenvalue weighted by molar-refractivity contribution is 5.98. The Balaban J connectivity index is 2.97. The summed E-state index contributed by atoms with van der Waals surface area (Å²) < 4.78 is 5.61. The Labute approximate surface area is 287 Å². The van der Waals surface area contributed by atoms with E-state index < -0.39 is 42.1 Å². The maximum absolute atomic E-state index is 12.7. The molecule has 0 bridgehead atoms. The van der Waals surface area contributed by atoms with Crippen molar-refractivity contribution in [2.24, 2.45) is 11.8 Å². The number of carboxylic acids is 1. The molecule has 1 aliphatic heterocycles. The number of Topliss-reactive ketones (excluding diaryl/α,β-unsaturated/α-hetero) is 1. The third-order valence-corrected chi connectivity index (χ3v) is 8.51. The molecule has 0 radical (unpaired) electrons. The number of aliphatic hydroxyl groups is 4. The van der Waals surface area contributed by atoms with Gasteiger partial charge in [-0.05, 0) is 44.6 Å². The molecule has 5 N–H and O–H groups in total. The fourth-order valence-corrected chi connectivity index (χ4v) is 5.65. The lowest BCUT2D eigenvalue weighted by Crippen LogP contribution is -2.37. The van der Waals surface area contributed by atoms with Crippen LogP contribution in [0.15, 0.2) is 72.9 Å². The van der Waals surface area contributed by atoms with Crippen molar-refractivity contribution in [3.8, 4) is 0 Å². The van der Waals surface area contributed by atoms with Crippen LogP contribution in [-0.2, 0) is 19.1 Å². The molecule has 0 aromatic rings. The van der Waals surface area contributed by atoms with Crippen LogP contribution >= 0.6 is 0 Å². The highest BCUT2D eigenvalue weighted by Crippen LogP contribution is 2.26. The van der Waals surface area contributed by atoms with Gasteiger partial charge in [-0.25, -0.2) is 0 Å². The first-order valence-electron chi connectivity index (χ1n) is 17.8. The van der Waals surface area contributed by atoms with E-state index in [1.165, 1.54) is 6.08 Å². The number of cyclic esters (lactones) is 1. The molecular weight excluding hydrogens is 612 g/mol. The zero-order chi connectivity index (χ0) is 35.6. The Morgan fingerprint density at radius 1 is 0.771 bits per heavy atom. The van der Waals surface area contributed by atoms with Crippen LogP contribution < -0.4 is 0 Å². The second-order valence-electron chi connectivity index (χ2n) is 12.5. The number of rotatable bonds is 6. The van der Waals surface area contributed by atoms with E-state index in [0.29, 0.717) is 57.8 Å². The first kappa shape index (κ1) is 42.9. The largest absolute Gasteiger partial charge is 0.481 e. The quantitative estimate of drug-likeness (QED) is 0.157. The van der Waals surface area contributed by atoms with Gasteiger partial charge in [0.2, 0.25) is 0 Å². The summed E-state index contributed by atoms with van der Waals surface area (Å²) in [4.78, 5) is 37.0. The summed E-state index contributed by atoms with van der Waals surface area (Å²) in [5.41, 5.74) is 0. The first-order valence-corrected chi connectivity index (χ1v) is 17.8. The van der Waals surface area contributed by atoms with Crippen molar-refractivity contribution in [2.45, 2.75) is 141 Å². The van der Waals surface area contributed by atoms with E-state index >= 15 is 0 Å².